The second kappa shape index (κ2) is 6.00. The van der Waals surface area contributed by atoms with Gasteiger partial charge in [-0.15, -0.1) is 0 Å². The van der Waals surface area contributed by atoms with Crippen molar-refractivity contribution in [2.45, 2.75) is 57.9 Å². The lowest BCUT2D eigenvalue weighted by Gasteiger charge is -2.22. The Morgan fingerprint density at radius 3 is 2.76 bits per heavy atom. The van der Waals surface area contributed by atoms with Crippen LogP contribution in [0.3, 0.4) is 0 Å². The average molecular weight is 288 g/mol. The summed E-state index contributed by atoms with van der Waals surface area (Å²) in [4.78, 5) is 23.2. The summed E-state index contributed by atoms with van der Waals surface area (Å²) in [6, 6.07) is 0.378. The first-order valence-electron chi connectivity index (χ1n) is 8.00. The van der Waals surface area contributed by atoms with E-state index in [0.717, 1.165) is 43.7 Å². The average Bonchev–Trinajstić information content (AvgIpc) is 3.08. The van der Waals surface area contributed by atoms with Crippen LogP contribution in [-0.4, -0.2) is 35.5 Å². The van der Waals surface area contributed by atoms with Crippen LogP contribution in [0.2, 0.25) is 0 Å². The van der Waals surface area contributed by atoms with Crippen molar-refractivity contribution in [1.29, 1.82) is 0 Å². The van der Waals surface area contributed by atoms with Crippen LogP contribution in [0.25, 0.3) is 0 Å². The summed E-state index contributed by atoms with van der Waals surface area (Å²) < 4.78 is 0. The highest BCUT2D eigenvalue weighted by atomic mass is 16.2. The molecule has 1 saturated carbocycles. The molecule has 0 aliphatic heterocycles. The van der Waals surface area contributed by atoms with E-state index in [9.17, 15) is 4.79 Å². The number of carbonyl (C=O) groups excluding carboxylic acids is 1. The van der Waals surface area contributed by atoms with Crippen LogP contribution in [0.15, 0.2) is 0 Å². The number of carbonyl (C=O) groups is 1. The van der Waals surface area contributed by atoms with E-state index in [-0.39, 0.29) is 5.91 Å². The van der Waals surface area contributed by atoms with Crippen LogP contribution in [0.1, 0.15) is 49.2 Å². The Labute approximate surface area is 126 Å². The van der Waals surface area contributed by atoms with Gasteiger partial charge in [0, 0.05) is 24.3 Å². The van der Waals surface area contributed by atoms with Crippen LogP contribution in [-0.2, 0) is 17.6 Å². The smallest absolute Gasteiger partial charge is 0.239 e. The molecule has 0 bridgehead atoms. The molecule has 0 radical (unpaired) electrons. The zero-order valence-electron chi connectivity index (χ0n) is 13.0. The molecule has 1 heterocycles. The number of hydrogen-bond acceptors (Lipinski definition) is 4. The molecule has 21 heavy (non-hydrogen) atoms. The zero-order chi connectivity index (χ0) is 14.8. The van der Waals surface area contributed by atoms with Gasteiger partial charge in [-0.25, -0.2) is 9.97 Å². The summed E-state index contributed by atoms with van der Waals surface area (Å²) in [6.45, 7) is 2.30. The predicted molar refractivity (Wildman–Crippen MR) is 82.5 cm³/mol. The zero-order valence-corrected chi connectivity index (χ0v) is 13.0. The van der Waals surface area contributed by atoms with E-state index in [1.165, 1.54) is 24.1 Å². The predicted octanol–water partition coefficient (Wildman–Crippen LogP) is 1.77. The van der Waals surface area contributed by atoms with Crippen molar-refractivity contribution in [3.63, 3.8) is 0 Å². The largest absolute Gasteiger partial charge is 0.352 e. The Hall–Kier alpha value is -1.65. The molecule has 2 aliphatic carbocycles. The van der Waals surface area contributed by atoms with E-state index in [2.05, 4.69) is 15.3 Å². The van der Waals surface area contributed by atoms with Gasteiger partial charge < -0.3 is 10.2 Å². The highest BCUT2D eigenvalue weighted by Crippen LogP contribution is 2.28. The van der Waals surface area contributed by atoms with Gasteiger partial charge in [-0.1, -0.05) is 12.8 Å². The summed E-state index contributed by atoms with van der Waals surface area (Å²) in [5.74, 6) is 1.85. The number of anilines is 1. The van der Waals surface area contributed by atoms with Crippen molar-refractivity contribution in [2.24, 2.45) is 0 Å². The monoisotopic (exact) mass is 288 g/mol. The van der Waals surface area contributed by atoms with Crippen molar-refractivity contribution in [1.82, 2.24) is 15.3 Å². The Balaban J connectivity index is 1.67. The third-order valence-corrected chi connectivity index (χ3v) is 4.49. The molecular weight excluding hydrogens is 264 g/mol. The molecule has 0 saturated heterocycles. The number of rotatable bonds is 4. The van der Waals surface area contributed by atoms with E-state index in [1.807, 2.05) is 18.9 Å². The molecule has 1 aromatic heterocycles. The number of aromatic nitrogens is 2. The van der Waals surface area contributed by atoms with Crippen molar-refractivity contribution in [3.8, 4) is 0 Å². The summed E-state index contributed by atoms with van der Waals surface area (Å²) in [7, 11) is 1.95. The first-order chi connectivity index (χ1) is 10.1. The second-order valence-corrected chi connectivity index (χ2v) is 6.28. The highest BCUT2D eigenvalue weighted by molar-refractivity contribution is 5.81. The van der Waals surface area contributed by atoms with Gasteiger partial charge in [0.05, 0.1) is 6.54 Å². The molecule has 0 aromatic carbocycles. The number of nitrogens with one attached hydrogen (secondary N) is 1. The number of nitrogens with zero attached hydrogens (tertiary/aromatic N) is 3. The van der Waals surface area contributed by atoms with Crippen LogP contribution < -0.4 is 10.2 Å². The number of likely N-dealkylation sites (N-methyl/N-ethyl adjacent to an activating group) is 1. The number of fused-ring (bicyclic) bond motifs is 1. The Morgan fingerprint density at radius 1 is 1.24 bits per heavy atom. The lowest BCUT2D eigenvalue weighted by atomic mass is 10.2. The van der Waals surface area contributed by atoms with Gasteiger partial charge in [0.1, 0.15) is 11.6 Å². The third-order valence-electron chi connectivity index (χ3n) is 4.49. The lowest BCUT2D eigenvalue weighted by molar-refractivity contribution is -0.120. The molecule has 1 fully saturated rings. The van der Waals surface area contributed by atoms with Crippen LogP contribution in [0.5, 0.6) is 0 Å². The van der Waals surface area contributed by atoms with Crippen LogP contribution in [0, 0.1) is 6.92 Å². The maximum atomic E-state index is 12.2. The molecule has 5 nitrogen and oxygen atoms in total. The van der Waals surface area contributed by atoms with Crippen molar-refractivity contribution in [2.75, 3.05) is 18.5 Å². The third kappa shape index (κ3) is 3.17. The van der Waals surface area contributed by atoms with Crippen molar-refractivity contribution >= 4 is 11.7 Å². The van der Waals surface area contributed by atoms with Gasteiger partial charge in [-0.05, 0) is 39.0 Å². The van der Waals surface area contributed by atoms with E-state index in [4.69, 9.17) is 0 Å². The van der Waals surface area contributed by atoms with Gasteiger partial charge in [-0.3, -0.25) is 4.79 Å². The van der Waals surface area contributed by atoms with Gasteiger partial charge in [0.2, 0.25) is 5.91 Å². The van der Waals surface area contributed by atoms with Crippen molar-refractivity contribution in [3.05, 3.63) is 17.1 Å². The molecule has 0 spiro atoms. The minimum Gasteiger partial charge on any atom is -0.352 e. The van der Waals surface area contributed by atoms with Gasteiger partial charge in [0.15, 0.2) is 0 Å². The standard InChI is InChI=1S/C16H24N4O/c1-11-17-14-9-5-8-13(14)16(18-11)20(2)10-15(21)19-12-6-3-4-7-12/h12H,3-10H2,1-2H3,(H,19,21). The Kier molecular flexibility index (Phi) is 4.08. The number of amides is 1. The quantitative estimate of drug-likeness (QED) is 0.917. The highest BCUT2D eigenvalue weighted by Gasteiger charge is 2.23. The summed E-state index contributed by atoms with van der Waals surface area (Å²) in [5, 5.41) is 3.14. The summed E-state index contributed by atoms with van der Waals surface area (Å²) in [5.41, 5.74) is 2.40. The Morgan fingerprint density at radius 2 is 2.00 bits per heavy atom. The van der Waals surface area contributed by atoms with E-state index in [0.29, 0.717) is 12.6 Å². The molecule has 0 atom stereocenters. The molecule has 2 aliphatic rings. The molecule has 114 valence electrons. The molecular formula is C16H24N4O. The first-order valence-corrected chi connectivity index (χ1v) is 8.00. The maximum Gasteiger partial charge on any atom is 0.239 e. The molecule has 3 rings (SSSR count). The van der Waals surface area contributed by atoms with E-state index in [1.54, 1.807) is 0 Å². The molecule has 1 N–H and O–H groups in total. The van der Waals surface area contributed by atoms with Crippen LogP contribution >= 0.6 is 0 Å². The lowest BCUT2D eigenvalue weighted by Crippen LogP contribution is -2.40. The van der Waals surface area contributed by atoms with Gasteiger partial charge in [0.25, 0.3) is 0 Å². The first kappa shape index (κ1) is 14.3. The molecule has 1 amide bonds. The van der Waals surface area contributed by atoms with Gasteiger partial charge in [-0.2, -0.15) is 0 Å². The molecule has 5 heteroatoms. The number of aryl methyl sites for hydroxylation is 2. The minimum absolute atomic E-state index is 0.104. The minimum atomic E-state index is 0.104. The summed E-state index contributed by atoms with van der Waals surface area (Å²) in [6.07, 6.45) is 7.92. The number of hydrogen-bond donors (Lipinski definition) is 1. The van der Waals surface area contributed by atoms with E-state index < -0.39 is 0 Å². The van der Waals surface area contributed by atoms with Crippen molar-refractivity contribution < 1.29 is 4.79 Å². The van der Waals surface area contributed by atoms with Gasteiger partial charge >= 0.3 is 0 Å². The maximum absolute atomic E-state index is 12.2. The fourth-order valence-corrected chi connectivity index (χ4v) is 3.48. The fraction of sp³-hybridized carbons (Fsp3) is 0.688. The normalized spacial score (nSPS) is 17.8. The molecule has 1 aromatic rings. The van der Waals surface area contributed by atoms with E-state index >= 15 is 0 Å². The topological polar surface area (TPSA) is 58.1 Å². The fourth-order valence-electron chi connectivity index (χ4n) is 3.48. The SMILES string of the molecule is Cc1nc2c(c(N(C)CC(=O)NC3CCCC3)n1)CCC2. The van der Waals surface area contributed by atoms with Crippen LogP contribution in [0.4, 0.5) is 5.82 Å². The Bertz CT molecular complexity index is 537. The second-order valence-electron chi connectivity index (χ2n) is 6.28. The summed E-state index contributed by atoms with van der Waals surface area (Å²) >= 11 is 0. The molecule has 0 unspecified atom stereocenters.